The van der Waals surface area contributed by atoms with Gasteiger partial charge in [0.15, 0.2) is 18.1 Å². The van der Waals surface area contributed by atoms with E-state index in [0.717, 1.165) is 0 Å². The number of carbonyl (C=O) groups excluding carboxylic acids is 2. The second-order valence-corrected chi connectivity index (χ2v) is 7.30. The topological polar surface area (TPSA) is 132 Å². The van der Waals surface area contributed by atoms with Gasteiger partial charge in [0, 0.05) is 5.56 Å². The Hall–Kier alpha value is -3.31. The van der Waals surface area contributed by atoms with Crippen molar-refractivity contribution >= 4 is 27.5 Å². The number of rotatable bonds is 4. The zero-order valence-corrected chi connectivity index (χ0v) is 14.5. The van der Waals surface area contributed by atoms with E-state index in [4.69, 9.17) is 14.2 Å². The quantitative estimate of drug-likeness (QED) is 0.642. The van der Waals surface area contributed by atoms with E-state index in [1.807, 2.05) is 4.83 Å². The molecule has 0 aromatic heterocycles. The highest BCUT2D eigenvalue weighted by Gasteiger charge is 2.22. The lowest BCUT2D eigenvalue weighted by atomic mass is 10.2. The van der Waals surface area contributed by atoms with Gasteiger partial charge in [-0.3, -0.25) is 15.0 Å². The maximum atomic E-state index is 12.4. The van der Waals surface area contributed by atoms with E-state index in [1.165, 1.54) is 30.3 Å². The van der Waals surface area contributed by atoms with Crippen molar-refractivity contribution in [2.24, 2.45) is 0 Å². The average Bonchev–Trinajstić information content (AvgIpc) is 3.13. The van der Waals surface area contributed by atoms with E-state index >= 15 is 0 Å². The Labute approximate surface area is 153 Å². The molecule has 4 rings (SSSR count). The third-order valence-corrected chi connectivity index (χ3v) is 5.07. The van der Waals surface area contributed by atoms with Crippen LogP contribution in [0.25, 0.3) is 0 Å². The first-order valence-electron chi connectivity index (χ1n) is 7.71. The zero-order valence-electron chi connectivity index (χ0n) is 13.6. The maximum Gasteiger partial charge on any atom is 0.266 e. The molecule has 3 N–H and O–H groups in total. The smallest absolute Gasteiger partial charge is 0.266 e. The minimum atomic E-state index is -4.07. The summed E-state index contributed by atoms with van der Waals surface area (Å²) in [4.78, 5) is 25.4. The van der Waals surface area contributed by atoms with Crippen LogP contribution in [-0.4, -0.2) is 33.6 Å². The molecular weight excluding hydrogens is 378 g/mol. The van der Waals surface area contributed by atoms with Crippen LogP contribution in [0.1, 0.15) is 10.4 Å². The van der Waals surface area contributed by atoms with Gasteiger partial charge in [0.25, 0.3) is 21.8 Å². The molecule has 2 amide bonds. The first kappa shape index (κ1) is 17.1. The SMILES string of the molecule is O=C1COc2ccc(S(=O)(=O)NNC(=O)c3ccc4c(c3)OCO4)cc2N1. The number of carbonyl (C=O) groups is 2. The number of fused-ring (bicyclic) bond motifs is 2. The molecule has 0 atom stereocenters. The van der Waals surface area contributed by atoms with Gasteiger partial charge in [0.2, 0.25) is 6.79 Å². The number of anilines is 1. The standard InChI is InChI=1S/C16H13N3O7S/c20-15-7-24-12-4-2-10(6-11(12)17-15)27(22,23)19-18-16(21)9-1-3-13-14(5-9)26-8-25-13/h1-6,19H,7-8H2,(H,17,20)(H,18,21). The van der Waals surface area contributed by atoms with E-state index in [2.05, 4.69) is 10.7 Å². The third-order valence-electron chi connectivity index (χ3n) is 3.83. The Morgan fingerprint density at radius 2 is 1.78 bits per heavy atom. The Morgan fingerprint density at radius 3 is 2.63 bits per heavy atom. The van der Waals surface area contributed by atoms with Gasteiger partial charge in [-0.05, 0) is 36.4 Å². The molecule has 0 radical (unpaired) electrons. The minimum absolute atomic E-state index is 0.0611. The summed E-state index contributed by atoms with van der Waals surface area (Å²) >= 11 is 0. The lowest BCUT2D eigenvalue weighted by Crippen LogP contribution is -2.41. The number of benzene rings is 2. The van der Waals surface area contributed by atoms with E-state index in [-0.39, 0.29) is 35.5 Å². The van der Waals surface area contributed by atoms with E-state index in [0.29, 0.717) is 17.2 Å². The third kappa shape index (κ3) is 3.37. The molecule has 2 aromatic carbocycles. The molecule has 11 heteroatoms. The fraction of sp³-hybridized carbons (Fsp3) is 0.125. The summed E-state index contributed by atoms with van der Waals surface area (Å²) < 4.78 is 40.3. The molecule has 0 spiro atoms. The molecule has 2 aliphatic heterocycles. The van der Waals surface area contributed by atoms with Gasteiger partial charge in [-0.1, -0.05) is 0 Å². The molecule has 2 aromatic rings. The van der Waals surface area contributed by atoms with Crippen LogP contribution in [0.3, 0.4) is 0 Å². The molecule has 0 bridgehead atoms. The summed E-state index contributed by atoms with van der Waals surface area (Å²) in [5.74, 6) is 0.201. The van der Waals surface area contributed by atoms with Gasteiger partial charge in [-0.2, -0.15) is 0 Å². The van der Waals surface area contributed by atoms with Gasteiger partial charge in [-0.15, -0.1) is 4.83 Å². The highest BCUT2D eigenvalue weighted by atomic mass is 32.2. The van der Waals surface area contributed by atoms with Crippen LogP contribution < -0.4 is 29.8 Å². The molecule has 0 fully saturated rings. The van der Waals surface area contributed by atoms with Crippen LogP contribution >= 0.6 is 0 Å². The Kier molecular flexibility index (Phi) is 4.09. The van der Waals surface area contributed by atoms with Gasteiger partial charge in [0.1, 0.15) is 5.75 Å². The summed E-state index contributed by atoms with van der Waals surface area (Å²) in [7, 11) is -4.07. The van der Waals surface area contributed by atoms with Crippen molar-refractivity contribution in [3.8, 4) is 17.2 Å². The maximum absolute atomic E-state index is 12.4. The largest absolute Gasteiger partial charge is 0.482 e. The molecule has 140 valence electrons. The van der Waals surface area contributed by atoms with Crippen molar-refractivity contribution in [1.29, 1.82) is 0 Å². The van der Waals surface area contributed by atoms with Crippen molar-refractivity contribution in [3.63, 3.8) is 0 Å². The Morgan fingerprint density at radius 1 is 1.00 bits per heavy atom. The molecule has 27 heavy (non-hydrogen) atoms. The monoisotopic (exact) mass is 391 g/mol. The number of hydrazine groups is 1. The number of amides is 2. The van der Waals surface area contributed by atoms with Crippen LogP contribution in [0.5, 0.6) is 17.2 Å². The van der Waals surface area contributed by atoms with E-state index < -0.39 is 15.9 Å². The first-order valence-corrected chi connectivity index (χ1v) is 9.19. The molecule has 0 aliphatic carbocycles. The number of sulfonamides is 1. The van der Waals surface area contributed by atoms with Crippen molar-refractivity contribution in [3.05, 3.63) is 42.0 Å². The van der Waals surface area contributed by atoms with Gasteiger partial charge in [-0.25, -0.2) is 8.42 Å². The molecule has 10 nitrogen and oxygen atoms in total. The summed E-state index contributed by atoms with van der Waals surface area (Å²) in [5.41, 5.74) is 2.55. The number of hydrogen-bond donors (Lipinski definition) is 3. The molecule has 0 unspecified atom stereocenters. The summed E-state index contributed by atoms with van der Waals surface area (Å²) in [6.07, 6.45) is 0. The van der Waals surface area contributed by atoms with Crippen LogP contribution in [0.4, 0.5) is 5.69 Å². The number of nitrogens with one attached hydrogen (secondary N) is 3. The first-order chi connectivity index (χ1) is 12.9. The molecule has 0 saturated carbocycles. The Bertz CT molecular complexity index is 1050. The Balaban J connectivity index is 1.48. The fourth-order valence-corrected chi connectivity index (χ4v) is 3.38. The van der Waals surface area contributed by atoms with Gasteiger partial charge < -0.3 is 19.5 Å². The van der Waals surface area contributed by atoms with Crippen molar-refractivity contribution < 1.29 is 32.2 Å². The van der Waals surface area contributed by atoms with Gasteiger partial charge >= 0.3 is 0 Å². The minimum Gasteiger partial charge on any atom is -0.482 e. The summed E-state index contributed by atoms with van der Waals surface area (Å²) in [6.45, 7) is -0.0748. The van der Waals surface area contributed by atoms with Crippen molar-refractivity contribution in [2.75, 3.05) is 18.7 Å². The van der Waals surface area contributed by atoms with Crippen molar-refractivity contribution in [1.82, 2.24) is 10.3 Å². The van der Waals surface area contributed by atoms with Crippen molar-refractivity contribution in [2.45, 2.75) is 4.90 Å². The second-order valence-electron chi connectivity index (χ2n) is 5.62. The fourth-order valence-electron chi connectivity index (χ4n) is 2.51. The van der Waals surface area contributed by atoms with Crippen LogP contribution in [-0.2, 0) is 14.8 Å². The number of ether oxygens (including phenoxy) is 3. The average molecular weight is 391 g/mol. The highest BCUT2D eigenvalue weighted by Crippen LogP contribution is 2.32. The van der Waals surface area contributed by atoms with Crippen LogP contribution in [0, 0.1) is 0 Å². The zero-order chi connectivity index (χ0) is 19.0. The second kappa shape index (κ2) is 6.45. The van der Waals surface area contributed by atoms with E-state index in [9.17, 15) is 18.0 Å². The summed E-state index contributed by atoms with van der Waals surface area (Å²) in [5, 5.41) is 2.52. The number of hydrogen-bond acceptors (Lipinski definition) is 7. The predicted octanol–water partition coefficient (Wildman–Crippen LogP) is 0.369. The highest BCUT2D eigenvalue weighted by molar-refractivity contribution is 7.89. The van der Waals surface area contributed by atoms with Crippen LogP contribution in [0.2, 0.25) is 0 Å². The molecule has 2 aliphatic rings. The van der Waals surface area contributed by atoms with Crippen LogP contribution in [0.15, 0.2) is 41.3 Å². The normalized spacial score (nSPS) is 14.7. The van der Waals surface area contributed by atoms with E-state index in [1.54, 1.807) is 6.07 Å². The lowest BCUT2D eigenvalue weighted by Gasteiger charge is -2.18. The molecular formula is C16H13N3O7S. The molecule has 2 heterocycles. The molecule has 0 saturated heterocycles. The predicted molar refractivity (Wildman–Crippen MR) is 90.9 cm³/mol. The summed E-state index contributed by atoms with van der Waals surface area (Å²) in [6, 6.07) is 8.42. The van der Waals surface area contributed by atoms with Gasteiger partial charge in [0.05, 0.1) is 10.6 Å². The lowest BCUT2D eigenvalue weighted by molar-refractivity contribution is -0.118.